The smallest absolute Gasteiger partial charge is 0.251 e. The first-order chi connectivity index (χ1) is 12.9. The minimum atomic E-state index is -1.06. The minimum Gasteiger partial charge on any atom is -0.497 e. The highest BCUT2D eigenvalue weighted by Crippen LogP contribution is 2.23. The Morgan fingerprint density at radius 3 is 2.89 bits per heavy atom. The van der Waals surface area contributed by atoms with Gasteiger partial charge in [-0.3, -0.25) is 9.89 Å². The van der Waals surface area contributed by atoms with Gasteiger partial charge in [-0.1, -0.05) is 6.07 Å². The lowest BCUT2D eigenvalue weighted by Gasteiger charge is -2.28. The fourth-order valence-corrected chi connectivity index (χ4v) is 2.70. The van der Waals surface area contributed by atoms with Crippen LogP contribution in [-0.4, -0.2) is 45.5 Å². The van der Waals surface area contributed by atoms with Crippen molar-refractivity contribution in [3.8, 4) is 5.75 Å². The van der Waals surface area contributed by atoms with Gasteiger partial charge in [0.05, 0.1) is 24.9 Å². The van der Waals surface area contributed by atoms with Gasteiger partial charge in [-0.25, -0.2) is 4.98 Å². The minimum absolute atomic E-state index is 0.131. The third-order valence-corrected chi connectivity index (χ3v) is 3.93. The summed E-state index contributed by atoms with van der Waals surface area (Å²) in [5, 5.41) is 18.1. The Balaban J connectivity index is 1.90. The Morgan fingerprint density at radius 1 is 1.33 bits per heavy atom. The van der Waals surface area contributed by atoms with Crippen molar-refractivity contribution >= 4 is 28.7 Å². The van der Waals surface area contributed by atoms with Crippen molar-refractivity contribution in [2.75, 3.05) is 18.6 Å². The summed E-state index contributed by atoms with van der Waals surface area (Å²) in [6.07, 6.45) is 4.75. The normalized spacial score (nSPS) is 11.9. The molecule has 0 saturated carbocycles. The van der Waals surface area contributed by atoms with Crippen LogP contribution in [0.15, 0.2) is 48.7 Å². The SMILES string of the molecule is COc1cccc(N(CC(C)(C)O)C(=O)/C=C/c2n[nH]c3ncccc23)c1. The Kier molecular flexibility index (Phi) is 5.23. The van der Waals surface area contributed by atoms with E-state index >= 15 is 0 Å². The zero-order valence-electron chi connectivity index (χ0n) is 15.5. The lowest BCUT2D eigenvalue weighted by Crippen LogP contribution is -2.41. The maximum absolute atomic E-state index is 12.9. The molecule has 0 unspecified atom stereocenters. The first-order valence-electron chi connectivity index (χ1n) is 8.52. The van der Waals surface area contributed by atoms with Gasteiger partial charge in [0.1, 0.15) is 5.75 Å². The van der Waals surface area contributed by atoms with Crippen molar-refractivity contribution in [1.82, 2.24) is 15.2 Å². The van der Waals surface area contributed by atoms with Crippen LogP contribution in [0.2, 0.25) is 0 Å². The number of fused-ring (bicyclic) bond motifs is 1. The number of nitrogens with one attached hydrogen (secondary N) is 1. The quantitative estimate of drug-likeness (QED) is 0.655. The number of carbonyl (C=O) groups is 1. The second kappa shape index (κ2) is 7.59. The number of aromatic amines is 1. The van der Waals surface area contributed by atoms with Crippen LogP contribution in [0, 0.1) is 0 Å². The second-order valence-corrected chi connectivity index (χ2v) is 6.78. The number of methoxy groups -OCH3 is 1. The highest BCUT2D eigenvalue weighted by Gasteiger charge is 2.23. The number of rotatable bonds is 6. The maximum Gasteiger partial charge on any atom is 0.251 e. The number of hydrogen-bond acceptors (Lipinski definition) is 5. The lowest BCUT2D eigenvalue weighted by molar-refractivity contribution is -0.114. The number of anilines is 1. The van der Waals surface area contributed by atoms with E-state index in [4.69, 9.17) is 4.74 Å². The third-order valence-electron chi connectivity index (χ3n) is 3.93. The summed E-state index contributed by atoms with van der Waals surface area (Å²) in [7, 11) is 1.57. The fourth-order valence-electron chi connectivity index (χ4n) is 2.70. The van der Waals surface area contributed by atoms with Crippen LogP contribution in [0.5, 0.6) is 5.75 Å². The van der Waals surface area contributed by atoms with Gasteiger partial charge in [-0.15, -0.1) is 0 Å². The summed E-state index contributed by atoms with van der Waals surface area (Å²) in [5.74, 6) is 0.361. The summed E-state index contributed by atoms with van der Waals surface area (Å²) in [6, 6.07) is 10.9. The summed E-state index contributed by atoms with van der Waals surface area (Å²) in [6.45, 7) is 3.44. The Bertz CT molecular complexity index is 973. The number of benzene rings is 1. The number of pyridine rings is 1. The summed E-state index contributed by atoms with van der Waals surface area (Å²) in [4.78, 5) is 18.6. The van der Waals surface area contributed by atoms with Crippen molar-refractivity contribution in [3.63, 3.8) is 0 Å². The van der Waals surface area contributed by atoms with Crippen LogP contribution in [0.1, 0.15) is 19.5 Å². The van der Waals surface area contributed by atoms with Crippen LogP contribution in [-0.2, 0) is 4.79 Å². The van der Waals surface area contributed by atoms with Crippen molar-refractivity contribution in [1.29, 1.82) is 0 Å². The average molecular weight is 366 g/mol. The number of nitrogens with zero attached hydrogens (tertiary/aromatic N) is 3. The van der Waals surface area contributed by atoms with E-state index in [-0.39, 0.29) is 12.5 Å². The molecule has 0 aliphatic heterocycles. The van der Waals surface area contributed by atoms with Gasteiger partial charge in [0.25, 0.3) is 5.91 Å². The molecule has 3 aromatic rings. The molecule has 0 radical (unpaired) electrons. The van der Waals surface area contributed by atoms with E-state index in [0.29, 0.717) is 22.8 Å². The van der Waals surface area contributed by atoms with E-state index in [0.717, 1.165) is 5.39 Å². The average Bonchev–Trinajstić information content (AvgIpc) is 3.07. The van der Waals surface area contributed by atoms with Gasteiger partial charge in [-0.05, 0) is 44.2 Å². The molecule has 1 aromatic carbocycles. The van der Waals surface area contributed by atoms with E-state index < -0.39 is 5.60 Å². The number of aliphatic hydroxyl groups is 1. The number of carbonyl (C=O) groups excluding carboxylic acids is 1. The van der Waals surface area contributed by atoms with Gasteiger partial charge in [-0.2, -0.15) is 5.10 Å². The number of amides is 1. The number of aromatic nitrogens is 3. The van der Waals surface area contributed by atoms with Gasteiger partial charge in [0, 0.05) is 29.4 Å². The molecule has 0 bridgehead atoms. The lowest BCUT2D eigenvalue weighted by atomic mass is 10.1. The van der Waals surface area contributed by atoms with E-state index in [1.807, 2.05) is 12.1 Å². The van der Waals surface area contributed by atoms with Crippen LogP contribution < -0.4 is 9.64 Å². The Morgan fingerprint density at radius 2 is 2.15 bits per heavy atom. The fraction of sp³-hybridized carbons (Fsp3) is 0.250. The monoisotopic (exact) mass is 366 g/mol. The van der Waals surface area contributed by atoms with Crippen molar-refractivity contribution in [2.24, 2.45) is 0 Å². The van der Waals surface area contributed by atoms with Gasteiger partial charge in [0.2, 0.25) is 0 Å². The molecule has 0 aliphatic rings. The van der Waals surface area contributed by atoms with E-state index in [1.165, 1.54) is 11.0 Å². The zero-order chi connectivity index (χ0) is 19.4. The summed E-state index contributed by atoms with van der Waals surface area (Å²) in [5.41, 5.74) is 0.862. The first-order valence-corrected chi connectivity index (χ1v) is 8.52. The molecule has 2 heterocycles. The largest absolute Gasteiger partial charge is 0.497 e. The Labute approximate surface area is 157 Å². The molecular formula is C20H22N4O3. The van der Waals surface area contributed by atoms with Crippen LogP contribution >= 0.6 is 0 Å². The highest BCUT2D eigenvalue weighted by atomic mass is 16.5. The van der Waals surface area contributed by atoms with Crippen molar-refractivity contribution in [2.45, 2.75) is 19.4 Å². The molecule has 0 saturated heterocycles. The summed E-state index contributed by atoms with van der Waals surface area (Å²) < 4.78 is 5.24. The van der Waals surface area contributed by atoms with Gasteiger partial charge >= 0.3 is 0 Å². The van der Waals surface area contributed by atoms with Crippen LogP contribution in [0.3, 0.4) is 0 Å². The molecule has 2 aromatic heterocycles. The molecule has 2 N–H and O–H groups in total. The topological polar surface area (TPSA) is 91.3 Å². The van der Waals surface area contributed by atoms with E-state index in [1.54, 1.807) is 57.5 Å². The maximum atomic E-state index is 12.9. The molecule has 140 valence electrons. The van der Waals surface area contributed by atoms with Crippen LogP contribution in [0.4, 0.5) is 5.69 Å². The first kappa shape index (κ1) is 18.6. The van der Waals surface area contributed by atoms with E-state index in [9.17, 15) is 9.90 Å². The molecule has 3 rings (SSSR count). The molecule has 0 spiro atoms. The molecule has 0 aliphatic carbocycles. The molecule has 7 heteroatoms. The molecule has 0 atom stereocenters. The molecule has 27 heavy (non-hydrogen) atoms. The predicted octanol–water partition coefficient (Wildman–Crippen LogP) is 2.78. The standard InChI is InChI=1S/C20H22N4O3/c1-20(2,26)13-24(14-6-4-7-15(12-14)27-3)18(25)10-9-17-16-8-5-11-21-19(16)23-22-17/h4-12,26H,13H2,1-3H3,(H,21,22,23)/b10-9+. The zero-order valence-corrected chi connectivity index (χ0v) is 15.5. The Hall–Kier alpha value is -3.19. The molecular weight excluding hydrogens is 344 g/mol. The van der Waals surface area contributed by atoms with Crippen molar-refractivity contribution in [3.05, 3.63) is 54.4 Å². The highest BCUT2D eigenvalue weighted by molar-refractivity contribution is 6.04. The molecule has 1 amide bonds. The van der Waals surface area contributed by atoms with Crippen molar-refractivity contribution < 1.29 is 14.6 Å². The number of ether oxygens (including phenoxy) is 1. The predicted molar refractivity (Wildman–Crippen MR) is 105 cm³/mol. The molecule has 7 nitrogen and oxygen atoms in total. The van der Waals surface area contributed by atoms with Gasteiger partial charge < -0.3 is 14.7 Å². The number of hydrogen-bond donors (Lipinski definition) is 2. The summed E-state index contributed by atoms with van der Waals surface area (Å²) >= 11 is 0. The van der Waals surface area contributed by atoms with Crippen LogP contribution in [0.25, 0.3) is 17.1 Å². The second-order valence-electron chi connectivity index (χ2n) is 6.78. The molecule has 0 fully saturated rings. The van der Waals surface area contributed by atoms with E-state index in [2.05, 4.69) is 15.2 Å². The number of H-pyrrole nitrogens is 1. The third kappa shape index (κ3) is 4.51. The van der Waals surface area contributed by atoms with Gasteiger partial charge in [0.15, 0.2) is 5.65 Å².